The summed E-state index contributed by atoms with van der Waals surface area (Å²) in [7, 11) is -1.41. The van der Waals surface area contributed by atoms with E-state index in [1.165, 1.54) is 6.26 Å². The Morgan fingerprint density at radius 1 is 1.32 bits per heavy atom. The summed E-state index contributed by atoms with van der Waals surface area (Å²) < 4.78 is 29.8. The van der Waals surface area contributed by atoms with Crippen LogP contribution in [0.3, 0.4) is 0 Å². The maximum atomic E-state index is 11.6. The van der Waals surface area contributed by atoms with E-state index in [0.29, 0.717) is 19.7 Å². The summed E-state index contributed by atoms with van der Waals surface area (Å²) in [4.78, 5) is 11.0. The summed E-state index contributed by atoms with van der Waals surface area (Å²) in [5, 5.41) is 0. The Bertz CT molecular complexity index is 633. The van der Waals surface area contributed by atoms with Crippen LogP contribution in [0.4, 0.5) is 5.95 Å². The number of piperidine rings is 1. The summed E-state index contributed by atoms with van der Waals surface area (Å²) in [6.07, 6.45) is 4.86. The molecule has 1 spiro atoms. The lowest BCUT2D eigenvalue weighted by atomic mass is 9.72. The molecule has 3 heterocycles. The third kappa shape index (κ3) is 3.09. The number of aromatic nitrogens is 2. The first-order valence-electron chi connectivity index (χ1n) is 7.43. The van der Waals surface area contributed by atoms with Gasteiger partial charge in [-0.15, -0.1) is 0 Å². The lowest BCUT2D eigenvalue weighted by Crippen LogP contribution is -2.61. The molecule has 2 aliphatic rings. The molecule has 7 nitrogen and oxygen atoms in total. The van der Waals surface area contributed by atoms with Crippen LogP contribution >= 0.6 is 0 Å². The molecule has 0 atom stereocenters. The van der Waals surface area contributed by atoms with Crippen molar-refractivity contribution in [1.82, 2.24) is 14.3 Å². The van der Waals surface area contributed by atoms with Gasteiger partial charge in [0, 0.05) is 44.9 Å². The van der Waals surface area contributed by atoms with Gasteiger partial charge in [-0.3, -0.25) is 0 Å². The van der Waals surface area contributed by atoms with Gasteiger partial charge in [0.15, 0.2) is 0 Å². The molecule has 1 aromatic heterocycles. The average molecular weight is 326 g/mol. The van der Waals surface area contributed by atoms with Gasteiger partial charge in [-0.05, 0) is 18.9 Å². The van der Waals surface area contributed by atoms with Crippen LogP contribution in [0.1, 0.15) is 18.5 Å². The van der Waals surface area contributed by atoms with E-state index in [1.54, 1.807) is 17.6 Å². The molecule has 1 aromatic rings. The zero-order valence-corrected chi connectivity index (χ0v) is 13.8. The first-order valence-corrected chi connectivity index (χ1v) is 9.28. The largest absolute Gasteiger partial charge is 0.378 e. The molecule has 2 aliphatic heterocycles. The van der Waals surface area contributed by atoms with Gasteiger partial charge in [0.2, 0.25) is 16.0 Å². The first kappa shape index (κ1) is 15.6. The molecule has 0 aliphatic carbocycles. The second-order valence-corrected chi connectivity index (χ2v) is 8.28. The summed E-state index contributed by atoms with van der Waals surface area (Å²) in [5.74, 6) is 0.741. The van der Waals surface area contributed by atoms with Crippen molar-refractivity contribution >= 4 is 16.0 Å². The molecule has 22 heavy (non-hydrogen) atoms. The summed E-state index contributed by atoms with van der Waals surface area (Å²) in [5.41, 5.74) is 1.10. The monoisotopic (exact) mass is 326 g/mol. The molecule has 2 fully saturated rings. The van der Waals surface area contributed by atoms with Crippen molar-refractivity contribution in [2.24, 2.45) is 5.41 Å². The molecule has 122 valence electrons. The predicted molar refractivity (Wildman–Crippen MR) is 83.0 cm³/mol. The highest BCUT2D eigenvalue weighted by Gasteiger charge is 2.46. The second-order valence-electron chi connectivity index (χ2n) is 6.30. The fourth-order valence-corrected chi connectivity index (χ4v) is 4.12. The Hall–Kier alpha value is -1.25. The highest BCUT2D eigenvalue weighted by Crippen LogP contribution is 2.42. The number of nitrogens with zero attached hydrogens (tertiary/aromatic N) is 4. The average Bonchev–Trinajstić information content (AvgIpc) is 2.44. The minimum atomic E-state index is -3.06. The van der Waals surface area contributed by atoms with Gasteiger partial charge in [-0.25, -0.2) is 22.7 Å². The molecule has 3 rings (SSSR count). The molecule has 0 bridgehead atoms. The van der Waals surface area contributed by atoms with E-state index in [0.717, 1.165) is 37.6 Å². The topological polar surface area (TPSA) is 75.6 Å². The van der Waals surface area contributed by atoms with Crippen molar-refractivity contribution < 1.29 is 13.2 Å². The minimum Gasteiger partial charge on any atom is -0.378 e. The van der Waals surface area contributed by atoms with Crippen LogP contribution in [0.15, 0.2) is 12.3 Å². The van der Waals surface area contributed by atoms with E-state index in [4.69, 9.17) is 4.74 Å². The Kier molecular flexibility index (Phi) is 4.09. The maximum Gasteiger partial charge on any atom is 0.225 e. The van der Waals surface area contributed by atoms with E-state index >= 15 is 0 Å². The number of rotatable bonds is 4. The standard InChI is InChI=1S/C14H22N4O3S/c1-21-9-12-3-6-15-13(16-12)17-10-14(11-17)4-7-18(8-5-14)22(2,19)20/h3,6H,4-5,7-11H2,1-2H3. The number of ether oxygens (including phenoxy) is 1. The fraction of sp³-hybridized carbons (Fsp3) is 0.714. The van der Waals surface area contributed by atoms with Gasteiger partial charge in [-0.1, -0.05) is 0 Å². The molecule has 8 heteroatoms. The minimum absolute atomic E-state index is 0.224. The molecule has 2 saturated heterocycles. The Morgan fingerprint density at radius 3 is 2.59 bits per heavy atom. The van der Waals surface area contributed by atoms with Crippen LogP contribution in [-0.2, 0) is 21.4 Å². The third-order valence-corrected chi connectivity index (χ3v) is 5.88. The van der Waals surface area contributed by atoms with Crippen LogP contribution < -0.4 is 4.90 Å². The number of hydrogen-bond donors (Lipinski definition) is 0. The maximum absolute atomic E-state index is 11.6. The highest BCUT2D eigenvalue weighted by molar-refractivity contribution is 7.88. The van der Waals surface area contributed by atoms with Crippen LogP contribution in [-0.4, -0.2) is 62.2 Å². The second kappa shape index (κ2) is 5.75. The fourth-order valence-electron chi connectivity index (χ4n) is 3.28. The molecule has 0 radical (unpaired) electrons. The van der Waals surface area contributed by atoms with Crippen molar-refractivity contribution in [1.29, 1.82) is 0 Å². The zero-order chi connectivity index (χ0) is 15.8. The first-order chi connectivity index (χ1) is 10.4. The van der Waals surface area contributed by atoms with Crippen molar-refractivity contribution in [2.45, 2.75) is 19.4 Å². The quantitative estimate of drug-likeness (QED) is 0.801. The number of methoxy groups -OCH3 is 1. The Balaban J connectivity index is 1.59. The van der Waals surface area contributed by atoms with Gasteiger partial charge in [0.05, 0.1) is 18.6 Å². The SMILES string of the molecule is COCc1ccnc(N2CC3(CCN(S(C)(=O)=O)CC3)C2)n1. The molecule has 0 saturated carbocycles. The summed E-state index contributed by atoms with van der Waals surface area (Å²) in [6.45, 7) is 3.54. The van der Waals surface area contributed by atoms with Gasteiger partial charge in [0.25, 0.3) is 0 Å². The molecular formula is C14H22N4O3S. The summed E-state index contributed by atoms with van der Waals surface area (Å²) in [6, 6.07) is 1.85. The number of sulfonamides is 1. The third-order valence-electron chi connectivity index (χ3n) is 4.58. The van der Waals surface area contributed by atoms with Crippen molar-refractivity contribution in [3.63, 3.8) is 0 Å². The van der Waals surface area contributed by atoms with Gasteiger partial charge < -0.3 is 9.64 Å². The van der Waals surface area contributed by atoms with Crippen LogP contribution in [0.2, 0.25) is 0 Å². The zero-order valence-electron chi connectivity index (χ0n) is 13.0. The molecular weight excluding hydrogens is 304 g/mol. The van der Waals surface area contributed by atoms with Gasteiger partial charge in [-0.2, -0.15) is 0 Å². The van der Waals surface area contributed by atoms with Crippen LogP contribution in [0.25, 0.3) is 0 Å². The Labute approximate surface area is 131 Å². The number of hydrogen-bond acceptors (Lipinski definition) is 6. The van der Waals surface area contributed by atoms with E-state index in [2.05, 4.69) is 14.9 Å². The van der Waals surface area contributed by atoms with Crippen LogP contribution in [0, 0.1) is 5.41 Å². The lowest BCUT2D eigenvalue weighted by Gasteiger charge is -2.53. The van der Waals surface area contributed by atoms with Gasteiger partial charge >= 0.3 is 0 Å². The molecule has 0 N–H and O–H groups in total. The summed E-state index contributed by atoms with van der Waals surface area (Å²) >= 11 is 0. The van der Waals surface area contributed by atoms with E-state index < -0.39 is 10.0 Å². The molecule has 0 amide bonds. The van der Waals surface area contributed by atoms with Crippen molar-refractivity contribution in [2.75, 3.05) is 44.4 Å². The molecule has 0 unspecified atom stereocenters. The lowest BCUT2D eigenvalue weighted by molar-refractivity contribution is 0.113. The normalized spacial score (nSPS) is 21.8. The van der Waals surface area contributed by atoms with E-state index in [9.17, 15) is 8.42 Å². The highest BCUT2D eigenvalue weighted by atomic mass is 32.2. The van der Waals surface area contributed by atoms with E-state index in [1.807, 2.05) is 6.07 Å². The van der Waals surface area contributed by atoms with Crippen molar-refractivity contribution in [3.05, 3.63) is 18.0 Å². The molecule has 0 aromatic carbocycles. The smallest absolute Gasteiger partial charge is 0.225 e. The van der Waals surface area contributed by atoms with Gasteiger partial charge in [0.1, 0.15) is 0 Å². The van der Waals surface area contributed by atoms with Crippen molar-refractivity contribution in [3.8, 4) is 0 Å². The predicted octanol–water partition coefficient (Wildman–Crippen LogP) is 0.485. The van der Waals surface area contributed by atoms with E-state index in [-0.39, 0.29) is 5.41 Å². The Morgan fingerprint density at radius 2 is 2.00 bits per heavy atom. The number of anilines is 1. The van der Waals surface area contributed by atoms with Crippen LogP contribution in [0.5, 0.6) is 0 Å².